The molecule has 4 heteroatoms. The van der Waals surface area contributed by atoms with E-state index in [4.69, 9.17) is 0 Å². The lowest BCUT2D eigenvalue weighted by Crippen LogP contribution is -2.51. The molecular formula is C22H22N2O2. The molecule has 0 N–H and O–H groups in total. The molecule has 4 nitrogen and oxygen atoms in total. The van der Waals surface area contributed by atoms with Crippen LogP contribution in [0.4, 0.5) is 0 Å². The molecule has 0 amide bonds. The molecule has 26 heavy (non-hydrogen) atoms. The Morgan fingerprint density at radius 2 is 2.19 bits per heavy atom. The smallest absolute Gasteiger partial charge is 0.213 e. The number of carbonyl (C=O) groups is 1. The fourth-order valence-electron chi connectivity index (χ4n) is 5.59. The topological polar surface area (TPSA) is 42.3 Å². The fourth-order valence-corrected chi connectivity index (χ4v) is 5.59. The van der Waals surface area contributed by atoms with Crippen LogP contribution < -0.4 is 0 Å². The van der Waals surface area contributed by atoms with E-state index in [-0.39, 0.29) is 11.2 Å². The summed E-state index contributed by atoms with van der Waals surface area (Å²) in [5, 5.41) is 1.24. The fraction of sp³-hybridized carbons (Fsp3) is 0.409. The Morgan fingerprint density at radius 3 is 3.00 bits per heavy atom. The molecule has 0 spiro atoms. The molecule has 1 aromatic carbocycles. The molecule has 0 aliphatic carbocycles. The van der Waals surface area contributed by atoms with Gasteiger partial charge in [-0.3, -0.25) is 9.69 Å². The summed E-state index contributed by atoms with van der Waals surface area (Å²) in [5.41, 5.74) is 4.35. The van der Waals surface area contributed by atoms with E-state index in [1.165, 1.54) is 16.6 Å². The monoisotopic (exact) mass is 346 g/mol. The minimum absolute atomic E-state index is 0.0283. The van der Waals surface area contributed by atoms with E-state index in [0.717, 1.165) is 50.4 Å². The molecule has 1 fully saturated rings. The molecule has 132 valence electrons. The number of allylic oxidation sites excluding steroid dienone is 2. The molecule has 0 bridgehead atoms. The Bertz CT molecular complexity index is 1010. The SMILES string of the molecule is CC[C@@]12C=C(C(=O)C=C=O)n3c4c(c5ccccc53)CCN(CCC1)[C@H]42. The molecule has 1 saturated heterocycles. The number of para-hydroxylation sites is 1. The standard InChI is InChI=1S/C22H22N2O2/c1-2-22-10-5-11-23-12-8-16-15-6-3-4-7-17(15)24(20(16)21(22)23)18(14-22)19(26)9-13-25/h3-4,6-7,9,14,21H,2,5,8,10-12H2,1H3/t21-,22+/m1/s1. The largest absolute Gasteiger partial charge is 0.308 e. The normalized spacial score (nSPS) is 26.8. The van der Waals surface area contributed by atoms with Crippen LogP contribution in [0.1, 0.15) is 43.5 Å². The lowest BCUT2D eigenvalue weighted by atomic mass is 9.66. The number of carbonyl (C=O) groups excluding carboxylic acids is 2. The molecule has 3 aliphatic rings. The third kappa shape index (κ3) is 1.89. The number of benzene rings is 1. The maximum Gasteiger partial charge on any atom is 0.213 e. The van der Waals surface area contributed by atoms with Crippen LogP contribution in [0.15, 0.2) is 36.4 Å². The highest BCUT2D eigenvalue weighted by molar-refractivity contribution is 6.25. The Labute approximate surface area is 152 Å². The molecule has 2 atom stereocenters. The van der Waals surface area contributed by atoms with Gasteiger partial charge in [-0.2, -0.15) is 0 Å². The van der Waals surface area contributed by atoms with Gasteiger partial charge in [0.2, 0.25) is 5.78 Å². The van der Waals surface area contributed by atoms with Crippen molar-refractivity contribution in [2.45, 2.75) is 38.6 Å². The van der Waals surface area contributed by atoms with Crippen molar-refractivity contribution in [3.05, 3.63) is 47.7 Å². The lowest BCUT2D eigenvalue weighted by Gasteiger charge is -2.53. The molecule has 0 radical (unpaired) electrons. The molecular weight excluding hydrogens is 324 g/mol. The Kier molecular flexibility index (Phi) is 3.37. The van der Waals surface area contributed by atoms with Crippen molar-refractivity contribution in [2.24, 2.45) is 5.41 Å². The van der Waals surface area contributed by atoms with E-state index >= 15 is 0 Å². The van der Waals surface area contributed by atoms with E-state index in [9.17, 15) is 9.59 Å². The van der Waals surface area contributed by atoms with Crippen LogP contribution >= 0.6 is 0 Å². The highest BCUT2D eigenvalue weighted by Crippen LogP contribution is 2.56. The van der Waals surface area contributed by atoms with Crippen LogP contribution in [0.5, 0.6) is 0 Å². The van der Waals surface area contributed by atoms with Gasteiger partial charge in [-0.05, 0) is 49.9 Å². The summed E-state index contributed by atoms with van der Waals surface area (Å²) in [6.07, 6.45) is 7.48. The van der Waals surface area contributed by atoms with Crippen molar-refractivity contribution in [3.63, 3.8) is 0 Å². The Balaban J connectivity index is 1.89. The van der Waals surface area contributed by atoms with Crippen molar-refractivity contribution < 1.29 is 9.59 Å². The first-order chi connectivity index (χ1) is 12.7. The minimum Gasteiger partial charge on any atom is -0.308 e. The van der Waals surface area contributed by atoms with Crippen molar-refractivity contribution in [1.82, 2.24) is 9.47 Å². The van der Waals surface area contributed by atoms with E-state index in [0.29, 0.717) is 11.7 Å². The average Bonchev–Trinajstić information content (AvgIpc) is 3.02. The summed E-state index contributed by atoms with van der Waals surface area (Å²) in [6.45, 7) is 4.43. The van der Waals surface area contributed by atoms with Gasteiger partial charge in [-0.1, -0.05) is 25.1 Å². The zero-order chi connectivity index (χ0) is 17.9. The molecule has 0 unspecified atom stereocenters. The van der Waals surface area contributed by atoms with Gasteiger partial charge in [-0.25, -0.2) is 4.79 Å². The zero-order valence-electron chi connectivity index (χ0n) is 15.0. The van der Waals surface area contributed by atoms with Gasteiger partial charge in [0.05, 0.1) is 23.3 Å². The van der Waals surface area contributed by atoms with E-state index in [1.807, 2.05) is 6.07 Å². The van der Waals surface area contributed by atoms with Crippen LogP contribution in [0.2, 0.25) is 0 Å². The quantitative estimate of drug-likeness (QED) is 0.631. The highest BCUT2D eigenvalue weighted by atomic mass is 16.1. The molecule has 4 heterocycles. The highest BCUT2D eigenvalue weighted by Gasteiger charge is 2.50. The van der Waals surface area contributed by atoms with Crippen molar-refractivity contribution in [3.8, 4) is 0 Å². The summed E-state index contributed by atoms with van der Waals surface area (Å²) in [5.74, 6) is 1.45. The first-order valence-corrected chi connectivity index (χ1v) is 9.55. The second-order valence-electron chi connectivity index (χ2n) is 7.75. The summed E-state index contributed by atoms with van der Waals surface area (Å²) in [6, 6.07) is 8.68. The number of ketones is 1. The summed E-state index contributed by atoms with van der Waals surface area (Å²) >= 11 is 0. The van der Waals surface area contributed by atoms with Crippen molar-refractivity contribution in [2.75, 3.05) is 13.1 Å². The van der Waals surface area contributed by atoms with Gasteiger partial charge in [0.1, 0.15) is 5.94 Å². The number of hydrogen-bond donors (Lipinski definition) is 0. The van der Waals surface area contributed by atoms with Crippen LogP contribution in [0.25, 0.3) is 16.6 Å². The lowest BCUT2D eigenvalue weighted by molar-refractivity contribution is -0.110. The second kappa shape index (κ2) is 5.54. The maximum atomic E-state index is 12.8. The van der Waals surface area contributed by atoms with Crippen LogP contribution in [0, 0.1) is 5.41 Å². The van der Waals surface area contributed by atoms with Gasteiger partial charge in [-0.15, -0.1) is 0 Å². The van der Waals surface area contributed by atoms with Gasteiger partial charge < -0.3 is 4.57 Å². The predicted molar refractivity (Wildman–Crippen MR) is 101 cm³/mol. The number of nitrogens with zero attached hydrogens (tertiary/aromatic N) is 2. The van der Waals surface area contributed by atoms with E-state index in [2.05, 4.69) is 40.7 Å². The Morgan fingerprint density at radius 1 is 1.35 bits per heavy atom. The summed E-state index contributed by atoms with van der Waals surface area (Å²) < 4.78 is 2.14. The number of aromatic nitrogens is 1. The number of hydrogen-bond acceptors (Lipinski definition) is 3. The van der Waals surface area contributed by atoms with Gasteiger partial charge >= 0.3 is 0 Å². The van der Waals surface area contributed by atoms with Crippen LogP contribution in [-0.4, -0.2) is 34.3 Å². The van der Waals surface area contributed by atoms with Crippen molar-refractivity contribution in [1.29, 1.82) is 0 Å². The van der Waals surface area contributed by atoms with Crippen LogP contribution in [0.3, 0.4) is 0 Å². The van der Waals surface area contributed by atoms with Gasteiger partial charge in [0.25, 0.3) is 0 Å². The third-order valence-electron chi connectivity index (χ3n) is 6.69. The van der Waals surface area contributed by atoms with E-state index < -0.39 is 0 Å². The summed E-state index contributed by atoms with van der Waals surface area (Å²) in [7, 11) is 0. The zero-order valence-corrected chi connectivity index (χ0v) is 15.0. The number of rotatable bonds is 3. The predicted octanol–water partition coefficient (Wildman–Crippen LogP) is 3.54. The average molecular weight is 346 g/mol. The number of fused-ring (bicyclic) bond motifs is 3. The van der Waals surface area contributed by atoms with E-state index in [1.54, 1.807) is 5.94 Å². The maximum absolute atomic E-state index is 12.8. The first kappa shape index (κ1) is 15.8. The Hall–Kier alpha value is -2.42. The van der Waals surface area contributed by atoms with Crippen LogP contribution in [-0.2, 0) is 16.0 Å². The molecule has 3 aliphatic heterocycles. The van der Waals surface area contributed by atoms with Gasteiger partial charge in [0.15, 0.2) is 0 Å². The molecule has 2 aromatic rings. The first-order valence-electron chi connectivity index (χ1n) is 9.55. The second-order valence-corrected chi connectivity index (χ2v) is 7.75. The molecule has 1 aromatic heterocycles. The third-order valence-corrected chi connectivity index (χ3v) is 6.69. The van der Waals surface area contributed by atoms with Gasteiger partial charge in [0, 0.05) is 23.0 Å². The number of piperidine rings is 1. The summed E-state index contributed by atoms with van der Waals surface area (Å²) in [4.78, 5) is 26.3. The minimum atomic E-state index is -0.238. The van der Waals surface area contributed by atoms with Crippen molar-refractivity contribution >= 4 is 28.3 Å². The molecule has 0 saturated carbocycles. The molecule has 5 rings (SSSR count).